The Morgan fingerprint density at radius 3 is 3.08 bits per heavy atom. The summed E-state index contributed by atoms with van der Waals surface area (Å²) in [5.74, 6) is 0.00778. The molecular weight excluding hydrogens is 156 g/mol. The van der Waals surface area contributed by atoms with Crippen molar-refractivity contribution in [3.05, 3.63) is 0 Å². The summed E-state index contributed by atoms with van der Waals surface area (Å²) in [6.07, 6.45) is 1.51. The van der Waals surface area contributed by atoms with E-state index in [1.807, 2.05) is 0 Å². The van der Waals surface area contributed by atoms with Gasteiger partial charge in [-0.1, -0.05) is 0 Å². The Morgan fingerprint density at radius 2 is 2.58 bits per heavy atom. The second-order valence-corrected chi connectivity index (χ2v) is 3.24. The van der Waals surface area contributed by atoms with Crippen LogP contribution in [-0.2, 0) is 4.79 Å². The summed E-state index contributed by atoms with van der Waals surface area (Å²) in [6.45, 7) is 2.92. The van der Waals surface area contributed by atoms with E-state index in [9.17, 15) is 4.79 Å². The molecule has 1 aliphatic rings. The number of carbonyl (C=O) groups is 1. The lowest BCUT2D eigenvalue weighted by Gasteiger charge is -2.11. The minimum Gasteiger partial charge on any atom is -0.392 e. The predicted octanol–water partition coefficient (Wildman–Crippen LogP) is -0.765. The molecule has 0 aromatic heterocycles. The third-order valence-electron chi connectivity index (χ3n) is 1.95. The fourth-order valence-corrected chi connectivity index (χ4v) is 1.28. The van der Waals surface area contributed by atoms with E-state index in [1.54, 1.807) is 6.92 Å². The van der Waals surface area contributed by atoms with Crippen molar-refractivity contribution >= 4 is 5.91 Å². The van der Waals surface area contributed by atoms with Crippen molar-refractivity contribution in [3.8, 4) is 0 Å². The Bertz CT molecular complexity index is 153. The molecule has 1 amide bonds. The van der Waals surface area contributed by atoms with Gasteiger partial charge < -0.3 is 15.7 Å². The van der Waals surface area contributed by atoms with Crippen LogP contribution < -0.4 is 10.6 Å². The Balaban J connectivity index is 2.18. The minimum atomic E-state index is -0.463. The number of nitrogens with one attached hydrogen (secondary N) is 2. The zero-order valence-electron chi connectivity index (χ0n) is 7.34. The lowest BCUT2D eigenvalue weighted by atomic mass is 10.2. The zero-order chi connectivity index (χ0) is 8.97. The molecule has 1 aliphatic heterocycles. The van der Waals surface area contributed by atoms with E-state index in [-0.39, 0.29) is 11.9 Å². The highest BCUT2D eigenvalue weighted by atomic mass is 16.3. The highest BCUT2D eigenvalue weighted by Gasteiger charge is 2.21. The third-order valence-corrected chi connectivity index (χ3v) is 1.95. The van der Waals surface area contributed by atoms with Crippen molar-refractivity contribution in [1.82, 2.24) is 10.6 Å². The molecule has 0 saturated carbocycles. The normalized spacial score (nSPS) is 25.3. The van der Waals surface area contributed by atoms with Crippen LogP contribution in [0.25, 0.3) is 0 Å². The van der Waals surface area contributed by atoms with Crippen LogP contribution in [0.3, 0.4) is 0 Å². The summed E-state index contributed by atoms with van der Waals surface area (Å²) >= 11 is 0. The van der Waals surface area contributed by atoms with Crippen molar-refractivity contribution in [2.24, 2.45) is 0 Å². The number of rotatable bonds is 3. The average molecular weight is 172 g/mol. The van der Waals surface area contributed by atoms with Crippen molar-refractivity contribution in [2.45, 2.75) is 31.9 Å². The smallest absolute Gasteiger partial charge is 0.237 e. The van der Waals surface area contributed by atoms with Crippen LogP contribution in [-0.4, -0.2) is 36.2 Å². The van der Waals surface area contributed by atoms with Gasteiger partial charge in [-0.2, -0.15) is 0 Å². The van der Waals surface area contributed by atoms with Gasteiger partial charge in [0.25, 0.3) is 0 Å². The largest absolute Gasteiger partial charge is 0.392 e. The van der Waals surface area contributed by atoms with Crippen molar-refractivity contribution in [2.75, 3.05) is 13.1 Å². The van der Waals surface area contributed by atoms with E-state index in [2.05, 4.69) is 10.6 Å². The summed E-state index contributed by atoms with van der Waals surface area (Å²) in [5, 5.41) is 14.7. The molecule has 0 aromatic rings. The van der Waals surface area contributed by atoms with Crippen LogP contribution in [0.4, 0.5) is 0 Å². The van der Waals surface area contributed by atoms with Crippen LogP contribution in [0.5, 0.6) is 0 Å². The van der Waals surface area contributed by atoms with Crippen LogP contribution in [0.2, 0.25) is 0 Å². The summed E-state index contributed by atoms with van der Waals surface area (Å²) in [4.78, 5) is 11.3. The lowest BCUT2D eigenvalue weighted by Crippen LogP contribution is -2.42. The van der Waals surface area contributed by atoms with Crippen LogP contribution in [0.1, 0.15) is 19.8 Å². The van der Waals surface area contributed by atoms with Crippen molar-refractivity contribution in [1.29, 1.82) is 0 Å². The first-order valence-electron chi connectivity index (χ1n) is 4.39. The first kappa shape index (κ1) is 9.48. The summed E-state index contributed by atoms with van der Waals surface area (Å²) in [6, 6.07) is -0.0382. The van der Waals surface area contributed by atoms with E-state index in [0.717, 1.165) is 19.4 Å². The lowest BCUT2D eigenvalue weighted by molar-refractivity contribution is -0.123. The standard InChI is InChI=1S/C8H16N2O2/c1-6(11)5-10-8(12)7-3-2-4-9-7/h6-7,9,11H,2-5H2,1H3,(H,10,12)/t6?,7-/m1/s1. The van der Waals surface area contributed by atoms with Crippen molar-refractivity contribution < 1.29 is 9.90 Å². The van der Waals surface area contributed by atoms with Gasteiger partial charge in [0.1, 0.15) is 0 Å². The fourth-order valence-electron chi connectivity index (χ4n) is 1.28. The first-order chi connectivity index (χ1) is 5.70. The molecule has 1 heterocycles. The average Bonchev–Trinajstić information content (AvgIpc) is 2.51. The summed E-state index contributed by atoms with van der Waals surface area (Å²) in [5.41, 5.74) is 0. The van der Waals surface area contributed by atoms with E-state index in [4.69, 9.17) is 5.11 Å². The monoisotopic (exact) mass is 172 g/mol. The predicted molar refractivity (Wildman–Crippen MR) is 45.7 cm³/mol. The van der Waals surface area contributed by atoms with Gasteiger partial charge in [-0.25, -0.2) is 0 Å². The zero-order valence-corrected chi connectivity index (χ0v) is 7.34. The molecule has 12 heavy (non-hydrogen) atoms. The van der Waals surface area contributed by atoms with Crippen LogP contribution in [0, 0.1) is 0 Å². The molecule has 70 valence electrons. The maximum absolute atomic E-state index is 11.3. The number of aliphatic hydroxyl groups is 1. The Labute approximate surface area is 72.3 Å². The second-order valence-electron chi connectivity index (χ2n) is 3.24. The minimum absolute atomic E-state index is 0.00778. The maximum Gasteiger partial charge on any atom is 0.237 e. The first-order valence-corrected chi connectivity index (χ1v) is 4.39. The van der Waals surface area contributed by atoms with Crippen LogP contribution >= 0.6 is 0 Å². The molecule has 4 nitrogen and oxygen atoms in total. The summed E-state index contributed by atoms with van der Waals surface area (Å²) in [7, 11) is 0. The maximum atomic E-state index is 11.3. The molecule has 0 aliphatic carbocycles. The molecular formula is C8H16N2O2. The Hall–Kier alpha value is -0.610. The number of hydrogen-bond donors (Lipinski definition) is 3. The quantitative estimate of drug-likeness (QED) is 0.524. The van der Waals surface area contributed by atoms with Gasteiger partial charge in [-0.05, 0) is 26.3 Å². The highest BCUT2D eigenvalue weighted by molar-refractivity contribution is 5.81. The number of amides is 1. The van der Waals surface area contributed by atoms with Crippen LogP contribution in [0.15, 0.2) is 0 Å². The molecule has 1 fully saturated rings. The fraction of sp³-hybridized carbons (Fsp3) is 0.875. The molecule has 1 rings (SSSR count). The van der Waals surface area contributed by atoms with Gasteiger partial charge in [0.05, 0.1) is 12.1 Å². The van der Waals surface area contributed by atoms with Gasteiger partial charge in [-0.3, -0.25) is 4.79 Å². The van der Waals surface area contributed by atoms with E-state index >= 15 is 0 Å². The van der Waals surface area contributed by atoms with Crippen molar-refractivity contribution in [3.63, 3.8) is 0 Å². The van der Waals surface area contributed by atoms with Gasteiger partial charge in [0.2, 0.25) is 5.91 Å². The van der Waals surface area contributed by atoms with E-state index in [0.29, 0.717) is 6.54 Å². The topological polar surface area (TPSA) is 61.4 Å². The highest BCUT2D eigenvalue weighted by Crippen LogP contribution is 2.04. The number of aliphatic hydroxyl groups excluding tert-OH is 1. The molecule has 1 saturated heterocycles. The van der Waals surface area contributed by atoms with E-state index in [1.165, 1.54) is 0 Å². The molecule has 1 unspecified atom stereocenters. The molecule has 0 aromatic carbocycles. The Kier molecular flexibility index (Phi) is 3.49. The summed E-state index contributed by atoms with van der Waals surface area (Å²) < 4.78 is 0. The molecule has 2 atom stereocenters. The Morgan fingerprint density at radius 1 is 1.83 bits per heavy atom. The SMILES string of the molecule is CC(O)CNC(=O)[C@H]1CCCN1. The molecule has 0 bridgehead atoms. The van der Waals surface area contributed by atoms with Gasteiger partial charge in [0, 0.05) is 6.54 Å². The molecule has 0 radical (unpaired) electrons. The number of hydrogen-bond acceptors (Lipinski definition) is 3. The molecule has 3 N–H and O–H groups in total. The van der Waals surface area contributed by atoms with Gasteiger partial charge in [0.15, 0.2) is 0 Å². The number of carbonyl (C=O) groups excluding carboxylic acids is 1. The molecule has 4 heteroatoms. The van der Waals surface area contributed by atoms with Gasteiger partial charge >= 0.3 is 0 Å². The van der Waals surface area contributed by atoms with E-state index < -0.39 is 6.10 Å². The third kappa shape index (κ3) is 2.79. The van der Waals surface area contributed by atoms with Gasteiger partial charge in [-0.15, -0.1) is 0 Å². The molecule has 0 spiro atoms. The second kappa shape index (κ2) is 4.42.